The number of nitrogens with one attached hydrogen (secondary N) is 1. The average Bonchev–Trinajstić information content (AvgIpc) is 2.81. The number of hydrogen-bond acceptors (Lipinski definition) is 2. The Morgan fingerprint density at radius 1 is 0.633 bits per heavy atom. The number of ketones is 1. The summed E-state index contributed by atoms with van der Waals surface area (Å²) in [6.07, 6.45) is 0. The van der Waals surface area contributed by atoms with Crippen molar-refractivity contribution >= 4 is 17.4 Å². The van der Waals surface area contributed by atoms with Gasteiger partial charge in [-0.05, 0) is 42.3 Å². The molecule has 4 aromatic carbocycles. The highest BCUT2D eigenvalue weighted by Gasteiger charge is 2.16. The molecule has 0 aliphatic heterocycles. The zero-order valence-corrected chi connectivity index (χ0v) is 16.6. The fourth-order valence-electron chi connectivity index (χ4n) is 3.34. The number of rotatable bonds is 5. The number of anilines is 1. The predicted octanol–water partition coefficient (Wildman–Crippen LogP) is 6.15. The van der Waals surface area contributed by atoms with E-state index < -0.39 is 0 Å². The lowest BCUT2D eigenvalue weighted by Gasteiger charge is -2.12. The highest BCUT2D eigenvalue weighted by molar-refractivity contribution is 6.15. The Labute approximate surface area is 176 Å². The lowest BCUT2D eigenvalue weighted by Crippen LogP contribution is -2.15. The molecule has 3 heteroatoms. The van der Waals surface area contributed by atoms with Crippen molar-refractivity contribution in [2.45, 2.75) is 6.92 Å². The van der Waals surface area contributed by atoms with E-state index >= 15 is 0 Å². The first kappa shape index (κ1) is 19.3. The van der Waals surface area contributed by atoms with E-state index in [1.165, 1.54) is 0 Å². The van der Waals surface area contributed by atoms with E-state index in [0.717, 1.165) is 16.7 Å². The minimum absolute atomic E-state index is 0.117. The van der Waals surface area contributed by atoms with Crippen LogP contribution in [0.25, 0.3) is 11.1 Å². The minimum Gasteiger partial charge on any atom is -0.321 e. The van der Waals surface area contributed by atoms with Gasteiger partial charge in [-0.2, -0.15) is 0 Å². The molecule has 4 aromatic rings. The summed E-state index contributed by atoms with van der Waals surface area (Å²) < 4.78 is 0. The molecule has 4 rings (SSSR count). The lowest BCUT2D eigenvalue weighted by atomic mass is 9.99. The maximum atomic E-state index is 13.0. The molecule has 0 aromatic heterocycles. The highest BCUT2D eigenvalue weighted by atomic mass is 16.1. The van der Waals surface area contributed by atoms with Crippen LogP contribution in [0.4, 0.5) is 5.69 Å². The van der Waals surface area contributed by atoms with Crippen molar-refractivity contribution in [3.05, 3.63) is 125 Å². The quantitative estimate of drug-likeness (QED) is 0.415. The van der Waals surface area contributed by atoms with Gasteiger partial charge >= 0.3 is 0 Å². The van der Waals surface area contributed by atoms with Gasteiger partial charge in [0.1, 0.15) is 0 Å². The first-order valence-corrected chi connectivity index (χ1v) is 9.79. The number of benzene rings is 4. The third-order valence-electron chi connectivity index (χ3n) is 4.96. The second-order valence-corrected chi connectivity index (χ2v) is 7.14. The molecule has 0 unspecified atom stereocenters. The summed E-state index contributed by atoms with van der Waals surface area (Å²) in [7, 11) is 0. The van der Waals surface area contributed by atoms with Crippen LogP contribution in [0.5, 0.6) is 0 Å². The van der Waals surface area contributed by atoms with E-state index in [9.17, 15) is 9.59 Å². The van der Waals surface area contributed by atoms with Gasteiger partial charge in [0.15, 0.2) is 5.78 Å². The molecule has 0 heterocycles. The Bertz CT molecular complexity index is 1180. The second kappa shape index (κ2) is 8.58. The second-order valence-electron chi connectivity index (χ2n) is 7.14. The van der Waals surface area contributed by atoms with Crippen LogP contribution < -0.4 is 5.32 Å². The molecule has 0 atom stereocenters. The molecular formula is C27H21NO2. The van der Waals surface area contributed by atoms with Gasteiger partial charge in [-0.25, -0.2) is 0 Å². The lowest BCUT2D eigenvalue weighted by molar-refractivity contribution is 0.102. The van der Waals surface area contributed by atoms with E-state index in [1.54, 1.807) is 30.3 Å². The molecule has 146 valence electrons. The maximum Gasteiger partial charge on any atom is 0.255 e. The van der Waals surface area contributed by atoms with Crippen LogP contribution in [-0.4, -0.2) is 11.7 Å². The van der Waals surface area contributed by atoms with Crippen LogP contribution in [0.2, 0.25) is 0 Å². The largest absolute Gasteiger partial charge is 0.321 e. The SMILES string of the molecule is Cc1ccc(NC(=O)c2ccc(-c3ccccc3)cc2)c(C(=O)c2ccccc2)c1. The number of carbonyl (C=O) groups excluding carboxylic acids is 2. The van der Waals surface area contributed by atoms with Gasteiger partial charge in [0.25, 0.3) is 5.91 Å². The van der Waals surface area contributed by atoms with E-state index in [4.69, 9.17) is 0 Å². The first-order chi connectivity index (χ1) is 14.6. The van der Waals surface area contributed by atoms with Gasteiger partial charge in [0, 0.05) is 16.7 Å². The number of carbonyl (C=O) groups is 2. The Morgan fingerprint density at radius 3 is 1.90 bits per heavy atom. The number of hydrogen-bond donors (Lipinski definition) is 1. The van der Waals surface area contributed by atoms with Crippen molar-refractivity contribution in [1.29, 1.82) is 0 Å². The normalized spacial score (nSPS) is 10.4. The Kier molecular flexibility index (Phi) is 5.53. The first-order valence-electron chi connectivity index (χ1n) is 9.79. The number of aryl methyl sites for hydroxylation is 1. The summed E-state index contributed by atoms with van der Waals surface area (Å²) >= 11 is 0. The molecule has 0 saturated carbocycles. The van der Waals surface area contributed by atoms with Gasteiger partial charge < -0.3 is 5.32 Å². The minimum atomic E-state index is -0.249. The van der Waals surface area contributed by atoms with Gasteiger partial charge in [-0.3, -0.25) is 9.59 Å². The number of amides is 1. The zero-order valence-electron chi connectivity index (χ0n) is 16.6. The van der Waals surface area contributed by atoms with Crippen molar-refractivity contribution < 1.29 is 9.59 Å². The Balaban J connectivity index is 1.58. The molecule has 0 aliphatic carbocycles. The molecule has 30 heavy (non-hydrogen) atoms. The maximum absolute atomic E-state index is 13.0. The Hall–Kier alpha value is -3.98. The van der Waals surface area contributed by atoms with Gasteiger partial charge in [0.2, 0.25) is 0 Å². The van der Waals surface area contributed by atoms with E-state index in [-0.39, 0.29) is 11.7 Å². The molecular weight excluding hydrogens is 370 g/mol. The molecule has 0 bridgehead atoms. The summed E-state index contributed by atoms with van der Waals surface area (Å²) in [6, 6.07) is 32.0. The molecule has 0 aliphatic rings. The summed E-state index contributed by atoms with van der Waals surface area (Å²) in [4.78, 5) is 25.8. The van der Waals surface area contributed by atoms with Crippen molar-refractivity contribution in [1.82, 2.24) is 0 Å². The molecule has 0 radical (unpaired) electrons. The van der Waals surface area contributed by atoms with Crippen molar-refractivity contribution in [2.75, 3.05) is 5.32 Å². The summed E-state index contributed by atoms with van der Waals surface area (Å²) in [5.74, 6) is -0.366. The molecule has 1 N–H and O–H groups in total. The predicted molar refractivity (Wildman–Crippen MR) is 121 cm³/mol. The van der Waals surface area contributed by atoms with Crippen LogP contribution in [0.3, 0.4) is 0 Å². The average molecular weight is 391 g/mol. The molecule has 0 saturated heterocycles. The van der Waals surface area contributed by atoms with E-state index in [2.05, 4.69) is 5.32 Å². The third-order valence-corrected chi connectivity index (χ3v) is 4.96. The van der Waals surface area contributed by atoms with Crippen LogP contribution in [-0.2, 0) is 0 Å². The Morgan fingerprint density at radius 2 is 1.23 bits per heavy atom. The summed E-state index contributed by atoms with van der Waals surface area (Å²) in [6.45, 7) is 1.93. The molecule has 0 spiro atoms. The summed E-state index contributed by atoms with van der Waals surface area (Å²) in [5, 5.41) is 2.90. The van der Waals surface area contributed by atoms with Crippen LogP contribution >= 0.6 is 0 Å². The topological polar surface area (TPSA) is 46.2 Å². The summed E-state index contributed by atoms with van der Waals surface area (Å²) in [5.41, 5.74) is 5.21. The van der Waals surface area contributed by atoms with Crippen molar-refractivity contribution in [3.8, 4) is 11.1 Å². The molecule has 1 amide bonds. The smallest absolute Gasteiger partial charge is 0.255 e. The van der Waals surface area contributed by atoms with Crippen LogP contribution in [0, 0.1) is 6.92 Å². The van der Waals surface area contributed by atoms with Crippen LogP contribution in [0.1, 0.15) is 31.8 Å². The fraction of sp³-hybridized carbons (Fsp3) is 0.0370. The zero-order chi connectivity index (χ0) is 20.9. The van der Waals surface area contributed by atoms with Crippen LogP contribution in [0.15, 0.2) is 103 Å². The molecule has 3 nitrogen and oxygen atoms in total. The molecule has 0 fully saturated rings. The van der Waals surface area contributed by atoms with E-state index in [1.807, 2.05) is 79.7 Å². The third kappa shape index (κ3) is 4.20. The standard InChI is InChI=1S/C27H21NO2/c1-19-12-17-25(24(18-19)26(29)22-10-6-3-7-11-22)28-27(30)23-15-13-21(14-16-23)20-8-4-2-5-9-20/h2-18H,1H3,(H,28,30). The van der Waals surface area contributed by atoms with E-state index in [0.29, 0.717) is 22.4 Å². The van der Waals surface area contributed by atoms with Gasteiger partial charge in [-0.15, -0.1) is 0 Å². The fourth-order valence-corrected chi connectivity index (χ4v) is 3.34. The van der Waals surface area contributed by atoms with Crippen molar-refractivity contribution in [2.24, 2.45) is 0 Å². The van der Waals surface area contributed by atoms with Gasteiger partial charge in [-0.1, -0.05) is 84.4 Å². The van der Waals surface area contributed by atoms with Gasteiger partial charge in [0.05, 0.1) is 5.69 Å². The highest BCUT2D eigenvalue weighted by Crippen LogP contribution is 2.23. The van der Waals surface area contributed by atoms with Crippen molar-refractivity contribution in [3.63, 3.8) is 0 Å². The monoisotopic (exact) mass is 391 g/mol.